The fourth-order valence-electron chi connectivity index (χ4n) is 2.32. The molecule has 2 aromatic heterocycles. The number of amides is 1. The molecule has 3 aromatic rings. The minimum atomic E-state index is -0.285. The van der Waals surface area contributed by atoms with Gasteiger partial charge in [0.2, 0.25) is 0 Å². The van der Waals surface area contributed by atoms with Crippen LogP contribution in [-0.2, 0) is 5.41 Å². The number of carbonyl (C=O) groups excluding carboxylic acids is 1. The van der Waals surface area contributed by atoms with Gasteiger partial charge in [0.25, 0.3) is 5.91 Å². The molecule has 124 valence electrons. The van der Waals surface area contributed by atoms with Crippen molar-refractivity contribution in [2.75, 3.05) is 5.32 Å². The van der Waals surface area contributed by atoms with E-state index in [4.69, 9.17) is 4.42 Å². The van der Waals surface area contributed by atoms with E-state index in [1.54, 1.807) is 19.1 Å². The van der Waals surface area contributed by atoms with Crippen molar-refractivity contribution >= 4 is 22.4 Å². The Hall–Kier alpha value is -2.40. The lowest BCUT2D eigenvalue weighted by molar-refractivity contribution is 0.0995. The third kappa shape index (κ3) is 3.57. The summed E-state index contributed by atoms with van der Waals surface area (Å²) in [4.78, 5) is 16.6. The third-order valence-corrected chi connectivity index (χ3v) is 4.49. The van der Waals surface area contributed by atoms with Crippen molar-refractivity contribution in [3.8, 4) is 11.3 Å². The van der Waals surface area contributed by atoms with Crippen molar-refractivity contribution in [1.29, 1.82) is 0 Å². The lowest BCUT2D eigenvalue weighted by Crippen LogP contribution is -2.10. The predicted molar refractivity (Wildman–Crippen MR) is 97.6 cm³/mol. The van der Waals surface area contributed by atoms with E-state index >= 15 is 0 Å². The van der Waals surface area contributed by atoms with E-state index in [0.717, 1.165) is 11.3 Å². The Kier molecular flexibility index (Phi) is 4.28. The molecule has 0 atom stereocenters. The van der Waals surface area contributed by atoms with Crippen LogP contribution >= 0.6 is 11.3 Å². The molecular formula is C19H20N2O2S. The van der Waals surface area contributed by atoms with Crippen LogP contribution in [0, 0.1) is 6.92 Å². The second-order valence-corrected chi connectivity index (χ2v) is 7.59. The standard InChI is InChI=1S/C19H20N2O2S/c1-12-5-10-16(23-12)17(22)21-18-20-15(11-24-18)13-6-8-14(9-7-13)19(2,3)4/h5-11H,1-4H3,(H,20,21,22). The second-order valence-electron chi connectivity index (χ2n) is 6.73. The Morgan fingerprint density at radius 1 is 1.12 bits per heavy atom. The average molecular weight is 340 g/mol. The first-order chi connectivity index (χ1) is 11.3. The number of thiazole rings is 1. The number of anilines is 1. The normalized spacial score (nSPS) is 11.5. The first-order valence-electron chi connectivity index (χ1n) is 7.77. The minimum absolute atomic E-state index is 0.126. The zero-order valence-electron chi connectivity index (χ0n) is 14.2. The van der Waals surface area contributed by atoms with Gasteiger partial charge in [0.1, 0.15) is 5.76 Å². The molecular weight excluding hydrogens is 320 g/mol. The highest BCUT2D eigenvalue weighted by molar-refractivity contribution is 7.14. The number of hydrogen-bond acceptors (Lipinski definition) is 4. The molecule has 4 nitrogen and oxygen atoms in total. The summed E-state index contributed by atoms with van der Waals surface area (Å²) in [5.74, 6) is 0.713. The Balaban J connectivity index is 1.74. The molecule has 24 heavy (non-hydrogen) atoms. The number of benzene rings is 1. The van der Waals surface area contributed by atoms with Crippen LogP contribution in [0.15, 0.2) is 46.2 Å². The SMILES string of the molecule is Cc1ccc(C(=O)Nc2nc(-c3ccc(C(C)(C)C)cc3)cs2)o1. The van der Waals surface area contributed by atoms with E-state index in [-0.39, 0.29) is 11.3 Å². The van der Waals surface area contributed by atoms with E-state index in [9.17, 15) is 4.79 Å². The summed E-state index contributed by atoms with van der Waals surface area (Å²) in [5, 5.41) is 5.27. The van der Waals surface area contributed by atoms with Gasteiger partial charge in [-0.05, 0) is 30.0 Å². The van der Waals surface area contributed by atoms with Gasteiger partial charge in [-0.15, -0.1) is 11.3 Å². The lowest BCUT2D eigenvalue weighted by Gasteiger charge is -2.18. The molecule has 1 amide bonds. The van der Waals surface area contributed by atoms with Crippen LogP contribution in [0.25, 0.3) is 11.3 Å². The summed E-state index contributed by atoms with van der Waals surface area (Å²) in [7, 11) is 0. The zero-order chi connectivity index (χ0) is 17.3. The number of carbonyl (C=O) groups is 1. The smallest absolute Gasteiger partial charge is 0.293 e. The Morgan fingerprint density at radius 3 is 2.42 bits per heavy atom. The molecule has 0 radical (unpaired) electrons. The van der Waals surface area contributed by atoms with Crippen LogP contribution in [0.2, 0.25) is 0 Å². The summed E-state index contributed by atoms with van der Waals surface area (Å²) < 4.78 is 5.32. The first-order valence-corrected chi connectivity index (χ1v) is 8.65. The molecule has 0 fully saturated rings. The highest BCUT2D eigenvalue weighted by atomic mass is 32.1. The maximum atomic E-state index is 12.1. The van der Waals surface area contributed by atoms with Crippen molar-refractivity contribution in [1.82, 2.24) is 4.98 Å². The van der Waals surface area contributed by atoms with Crippen LogP contribution in [0.3, 0.4) is 0 Å². The summed E-state index contributed by atoms with van der Waals surface area (Å²) in [6.45, 7) is 8.37. The van der Waals surface area contributed by atoms with E-state index in [1.165, 1.54) is 16.9 Å². The maximum absolute atomic E-state index is 12.1. The van der Waals surface area contributed by atoms with E-state index < -0.39 is 0 Å². The highest BCUT2D eigenvalue weighted by Gasteiger charge is 2.15. The largest absolute Gasteiger partial charge is 0.456 e. The number of hydrogen-bond donors (Lipinski definition) is 1. The minimum Gasteiger partial charge on any atom is -0.456 e. The van der Waals surface area contributed by atoms with Gasteiger partial charge in [-0.1, -0.05) is 45.0 Å². The van der Waals surface area contributed by atoms with E-state index in [1.807, 2.05) is 5.38 Å². The van der Waals surface area contributed by atoms with Crippen LogP contribution in [0.1, 0.15) is 42.6 Å². The van der Waals surface area contributed by atoms with Gasteiger partial charge in [-0.25, -0.2) is 4.98 Å². The molecule has 0 bridgehead atoms. The maximum Gasteiger partial charge on any atom is 0.293 e. The first kappa shape index (κ1) is 16.5. The Morgan fingerprint density at radius 2 is 1.83 bits per heavy atom. The van der Waals surface area contributed by atoms with E-state index in [2.05, 4.69) is 55.3 Å². The molecule has 5 heteroatoms. The average Bonchev–Trinajstić information content (AvgIpc) is 3.16. The van der Waals surface area contributed by atoms with Gasteiger partial charge < -0.3 is 4.42 Å². The predicted octanol–water partition coefficient (Wildman–Crippen LogP) is 5.26. The molecule has 0 aliphatic rings. The monoisotopic (exact) mass is 340 g/mol. The van der Waals surface area contributed by atoms with Crippen LogP contribution in [-0.4, -0.2) is 10.9 Å². The van der Waals surface area contributed by atoms with Gasteiger partial charge in [-0.2, -0.15) is 0 Å². The lowest BCUT2D eigenvalue weighted by atomic mass is 9.86. The molecule has 2 heterocycles. The number of nitrogens with one attached hydrogen (secondary N) is 1. The fraction of sp³-hybridized carbons (Fsp3) is 0.263. The van der Waals surface area contributed by atoms with Gasteiger partial charge in [-0.3, -0.25) is 10.1 Å². The summed E-state index contributed by atoms with van der Waals surface area (Å²) >= 11 is 1.40. The van der Waals surface area contributed by atoms with Crippen LogP contribution in [0.5, 0.6) is 0 Å². The number of rotatable bonds is 3. The molecule has 1 aromatic carbocycles. The number of nitrogens with zero attached hydrogens (tertiary/aromatic N) is 1. The van der Waals surface area contributed by atoms with Crippen molar-refractivity contribution in [2.45, 2.75) is 33.1 Å². The number of aromatic nitrogens is 1. The molecule has 0 unspecified atom stereocenters. The third-order valence-electron chi connectivity index (χ3n) is 3.74. The van der Waals surface area contributed by atoms with Gasteiger partial charge in [0.05, 0.1) is 5.69 Å². The molecule has 1 N–H and O–H groups in total. The second kappa shape index (κ2) is 6.24. The van der Waals surface area contributed by atoms with Crippen molar-refractivity contribution < 1.29 is 9.21 Å². The van der Waals surface area contributed by atoms with Gasteiger partial charge in [0.15, 0.2) is 10.9 Å². The van der Waals surface area contributed by atoms with Crippen molar-refractivity contribution in [3.05, 3.63) is 58.9 Å². The molecule has 0 saturated heterocycles. The Labute approximate surface area is 145 Å². The number of furan rings is 1. The van der Waals surface area contributed by atoms with Crippen molar-refractivity contribution in [2.24, 2.45) is 0 Å². The topological polar surface area (TPSA) is 55.1 Å². The zero-order valence-corrected chi connectivity index (χ0v) is 15.0. The quantitative estimate of drug-likeness (QED) is 0.707. The van der Waals surface area contributed by atoms with E-state index in [0.29, 0.717) is 16.7 Å². The molecule has 0 saturated carbocycles. The number of aryl methyl sites for hydroxylation is 1. The van der Waals surface area contributed by atoms with Gasteiger partial charge >= 0.3 is 0 Å². The van der Waals surface area contributed by atoms with Gasteiger partial charge in [0, 0.05) is 10.9 Å². The summed E-state index contributed by atoms with van der Waals surface area (Å²) in [6, 6.07) is 11.8. The molecule has 0 aliphatic heterocycles. The fourth-order valence-corrected chi connectivity index (χ4v) is 3.03. The Bertz CT molecular complexity index is 854. The van der Waals surface area contributed by atoms with Crippen LogP contribution < -0.4 is 5.32 Å². The van der Waals surface area contributed by atoms with Crippen LogP contribution in [0.4, 0.5) is 5.13 Å². The highest BCUT2D eigenvalue weighted by Crippen LogP contribution is 2.28. The molecule has 0 aliphatic carbocycles. The summed E-state index contributed by atoms with van der Waals surface area (Å²) in [6.07, 6.45) is 0. The summed E-state index contributed by atoms with van der Waals surface area (Å²) in [5.41, 5.74) is 3.30. The van der Waals surface area contributed by atoms with Crippen molar-refractivity contribution in [3.63, 3.8) is 0 Å². The molecule has 0 spiro atoms. The molecule has 3 rings (SSSR count).